The zero-order chi connectivity index (χ0) is 46.0. The van der Waals surface area contributed by atoms with E-state index < -0.39 is 18.0 Å². The smallest absolute Gasteiger partial charge is 0.320 e. The summed E-state index contributed by atoms with van der Waals surface area (Å²) in [4.78, 5) is 25.5. The second-order valence-electron chi connectivity index (χ2n) is 19.2. The highest BCUT2D eigenvalue weighted by Gasteiger charge is 2.29. The minimum Gasteiger partial charge on any atom is -0.506 e. The van der Waals surface area contributed by atoms with Crippen LogP contribution in [0.25, 0.3) is 0 Å². The summed E-state index contributed by atoms with van der Waals surface area (Å²) in [5.41, 5.74) is 14.4. The Balaban J connectivity index is 0.000000727. The second kappa shape index (κ2) is 19.4. The molecule has 1 aliphatic rings. The van der Waals surface area contributed by atoms with E-state index >= 15 is 0 Å². The third-order valence-electron chi connectivity index (χ3n) is 9.84. The molecule has 61 heavy (non-hydrogen) atoms. The Kier molecular flexibility index (Phi) is 15.9. The van der Waals surface area contributed by atoms with Crippen LogP contribution in [0.5, 0.6) is 23.0 Å². The lowest BCUT2D eigenvalue weighted by Gasteiger charge is -2.27. The topological polar surface area (TPSA) is 197 Å². The van der Waals surface area contributed by atoms with Crippen molar-refractivity contribution in [1.29, 1.82) is 0 Å². The minimum atomic E-state index is -1.17. The Hall–Kier alpha value is -3.66. The Morgan fingerprint density at radius 3 is 1.03 bits per heavy atom. The number of carboxylic acid groups (broad SMARTS) is 2. The number of benzene rings is 4. The number of carboxylic acids is 2. The lowest BCUT2D eigenvalue weighted by Crippen LogP contribution is -2.30. The highest BCUT2D eigenvalue weighted by atomic mass is 32.2. The Morgan fingerprint density at radius 2 is 0.803 bits per heavy atom. The van der Waals surface area contributed by atoms with Gasteiger partial charge in [0, 0.05) is 13.0 Å². The number of hydrogen-bond donors (Lipinski definition) is 7. The van der Waals surface area contributed by atoms with E-state index in [9.17, 15) is 24.9 Å². The molecule has 4 aromatic carbocycles. The summed E-state index contributed by atoms with van der Waals surface area (Å²) in [5.74, 6) is -1.11. The fourth-order valence-electron chi connectivity index (χ4n) is 5.85. The SMILES string of the molecule is CC(C)(C)c1cc2c(O)c(c1)Sc1cc(C(C)(C)C)cc(c1O)Sc1cc(C(C)(C)C)cc(c1OCCN)Sc1cc(C(C)(C)C)cc(c1O)S2.NC(CCC(=O)O)C(=O)O. The van der Waals surface area contributed by atoms with Crippen LogP contribution in [-0.4, -0.2) is 56.7 Å². The third-order valence-corrected chi connectivity index (χ3v) is 14.1. The Labute approximate surface area is 378 Å². The zero-order valence-corrected chi connectivity index (χ0v) is 40.5. The van der Waals surface area contributed by atoms with Gasteiger partial charge in [0.2, 0.25) is 0 Å². The third kappa shape index (κ3) is 13.0. The van der Waals surface area contributed by atoms with E-state index in [0.29, 0.717) is 48.3 Å². The molecule has 4 aromatic rings. The number of phenolic OH excluding ortho intramolecular Hbond substituents is 3. The molecule has 0 aromatic heterocycles. The molecule has 10 nitrogen and oxygen atoms in total. The number of nitrogens with two attached hydrogens (primary N) is 2. The van der Waals surface area contributed by atoms with E-state index in [1.54, 1.807) is 0 Å². The van der Waals surface area contributed by atoms with Crippen molar-refractivity contribution in [2.75, 3.05) is 13.2 Å². The summed E-state index contributed by atoms with van der Waals surface area (Å²) < 4.78 is 6.47. The molecule has 1 unspecified atom stereocenters. The van der Waals surface area contributed by atoms with Gasteiger partial charge in [-0.2, -0.15) is 0 Å². The number of fused-ring (bicyclic) bond motifs is 8. The number of aliphatic carboxylic acids is 2. The molecular weight excluding hydrogens is 849 g/mol. The summed E-state index contributed by atoms with van der Waals surface area (Å²) in [6.07, 6.45) is -0.224. The van der Waals surface area contributed by atoms with Crippen LogP contribution in [0.2, 0.25) is 0 Å². The molecule has 14 heteroatoms. The van der Waals surface area contributed by atoms with Crippen LogP contribution in [0.4, 0.5) is 0 Å². The van der Waals surface area contributed by atoms with Crippen molar-refractivity contribution in [3.05, 3.63) is 70.8 Å². The number of aromatic hydroxyl groups is 3. The highest BCUT2D eigenvalue weighted by molar-refractivity contribution is 8.01. The number of phenols is 3. The molecule has 0 saturated carbocycles. The second-order valence-corrected chi connectivity index (χ2v) is 23.5. The molecular formula is C47H62N2O8S4. The molecule has 0 radical (unpaired) electrons. The van der Waals surface area contributed by atoms with Crippen LogP contribution in [0, 0.1) is 0 Å². The van der Waals surface area contributed by atoms with E-state index in [0.717, 1.165) is 32.0 Å². The van der Waals surface area contributed by atoms with Crippen LogP contribution in [0.1, 0.15) is 118 Å². The molecule has 8 bridgehead atoms. The van der Waals surface area contributed by atoms with Gasteiger partial charge in [-0.25, -0.2) is 0 Å². The van der Waals surface area contributed by atoms with Gasteiger partial charge in [-0.05, 0) is 98.9 Å². The van der Waals surface area contributed by atoms with Gasteiger partial charge >= 0.3 is 11.9 Å². The highest BCUT2D eigenvalue weighted by Crippen LogP contribution is 2.55. The van der Waals surface area contributed by atoms with Gasteiger partial charge in [-0.15, -0.1) is 0 Å². The maximum absolute atomic E-state index is 12.0. The first-order chi connectivity index (χ1) is 28.0. The molecule has 332 valence electrons. The molecule has 0 amide bonds. The summed E-state index contributed by atoms with van der Waals surface area (Å²) in [6.45, 7) is 26.6. The van der Waals surface area contributed by atoms with E-state index in [2.05, 4.69) is 107 Å². The van der Waals surface area contributed by atoms with Crippen molar-refractivity contribution >= 4 is 59.0 Å². The summed E-state index contributed by atoms with van der Waals surface area (Å²) in [7, 11) is 0. The standard InChI is InChI=1S/C42H53NO4S4.C5H9NO4/c1-39(2,3)23-15-27-35(44)28(16-23)49-30-18-25(41(7,8)9)20-32(37(30)46)51-34-22-26(42(10,11)12)21-33(38(34)47-14-13-43)50-31-19-24(40(4,5)6)17-29(48-27)36(31)45;6-3(5(9)10)1-2-4(7)8/h15-22,44-46H,13-14,43H2,1-12H3;3H,1-2,6H2,(H,7,8)(H,9,10). The zero-order valence-electron chi connectivity index (χ0n) is 37.3. The van der Waals surface area contributed by atoms with Crippen molar-refractivity contribution in [3.8, 4) is 23.0 Å². The molecule has 0 fully saturated rings. The van der Waals surface area contributed by atoms with Gasteiger partial charge in [-0.3, -0.25) is 9.59 Å². The van der Waals surface area contributed by atoms with Crippen molar-refractivity contribution in [2.24, 2.45) is 11.5 Å². The van der Waals surface area contributed by atoms with Gasteiger partial charge in [0.05, 0.1) is 39.2 Å². The Bertz CT molecular complexity index is 2150. The van der Waals surface area contributed by atoms with Crippen molar-refractivity contribution in [1.82, 2.24) is 0 Å². The van der Waals surface area contributed by atoms with E-state index in [1.807, 2.05) is 24.3 Å². The Morgan fingerprint density at radius 1 is 0.541 bits per heavy atom. The average Bonchev–Trinajstić information content (AvgIpc) is 3.12. The summed E-state index contributed by atoms with van der Waals surface area (Å²) in [5, 5.41) is 52.3. The molecule has 5 rings (SSSR count). The largest absolute Gasteiger partial charge is 0.506 e. The van der Waals surface area contributed by atoms with Crippen LogP contribution >= 0.6 is 47.0 Å². The van der Waals surface area contributed by atoms with Crippen molar-refractivity contribution < 1.29 is 39.9 Å². The quantitative estimate of drug-likeness (QED) is 0.0814. The number of ether oxygens (including phenoxy) is 1. The van der Waals surface area contributed by atoms with Crippen LogP contribution in [0.3, 0.4) is 0 Å². The van der Waals surface area contributed by atoms with Gasteiger partial charge in [0.25, 0.3) is 0 Å². The van der Waals surface area contributed by atoms with Crippen molar-refractivity contribution in [3.63, 3.8) is 0 Å². The van der Waals surface area contributed by atoms with Gasteiger partial charge in [0.1, 0.15) is 35.6 Å². The van der Waals surface area contributed by atoms with Crippen molar-refractivity contribution in [2.45, 2.75) is 163 Å². The normalized spacial score (nSPS) is 13.8. The molecule has 1 atom stereocenters. The van der Waals surface area contributed by atoms with E-state index in [-0.39, 0.29) is 51.8 Å². The number of rotatable bonds is 7. The molecule has 1 aliphatic heterocycles. The summed E-state index contributed by atoms with van der Waals surface area (Å²) in [6, 6.07) is 15.5. The molecule has 1 heterocycles. The summed E-state index contributed by atoms with van der Waals surface area (Å²) >= 11 is 5.66. The predicted octanol–water partition coefficient (Wildman–Crippen LogP) is 11.5. The van der Waals surface area contributed by atoms with Gasteiger partial charge < -0.3 is 41.7 Å². The number of carbonyl (C=O) groups is 2. The number of hydrogen-bond acceptors (Lipinski definition) is 12. The van der Waals surface area contributed by atoms with Gasteiger partial charge in [-0.1, -0.05) is 130 Å². The lowest BCUT2D eigenvalue weighted by molar-refractivity contribution is -0.139. The first-order valence-electron chi connectivity index (χ1n) is 20.1. The predicted molar refractivity (Wildman–Crippen MR) is 249 cm³/mol. The maximum atomic E-state index is 12.0. The first-order valence-corrected chi connectivity index (χ1v) is 23.3. The van der Waals surface area contributed by atoms with Crippen LogP contribution in [0.15, 0.2) is 87.7 Å². The average molecular weight is 911 g/mol. The van der Waals surface area contributed by atoms with E-state index in [1.165, 1.54) is 47.0 Å². The fourth-order valence-corrected chi connectivity index (χ4v) is 10.3. The van der Waals surface area contributed by atoms with Crippen LogP contribution < -0.4 is 16.2 Å². The minimum absolute atomic E-state index is 0.0231. The lowest BCUT2D eigenvalue weighted by atomic mass is 9.87. The van der Waals surface area contributed by atoms with Gasteiger partial charge in [0.15, 0.2) is 0 Å². The molecule has 0 aliphatic carbocycles. The molecule has 9 N–H and O–H groups in total. The monoisotopic (exact) mass is 910 g/mol. The fraction of sp³-hybridized carbons (Fsp3) is 0.447. The van der Waals surface area contributed by atoms with E-state index in [4.69, 9.17) is 26.4 Å². The molecule has 0 saturated heterocycles. The first kappa shape index (κ1) is 50.0. The maximum Gasteiger partial charge on any atom is 0.320 e. The van der Waals surface area contributed by atoms with Crippen LogP contribution in [-0.2, 0) is 31.2 Å². The molecule has 0 spiro atoms.